The first kappa shape index (κ1) is 23.2. The number of methoxy groups -OCH3 is 2. The molecule has 32 heavy (non-hydrogen) atoms. The average molecular weight is 449 g/mol. The van der Waals surface area contributed by atoms with E-state index in [-0.39, 0.29) is 35.0 Å². The number of nitrogens with one attached hydrogen (secondary N) is 3. The summed E-state index contributed by atoms with van der Waals surface area (Å²) in [6, 6.07) is 1.13. The molecule has 9 nitrogen and oxygen atoms in total. The lowest BCUT2D eigenvalue weighted by molar-refractivity contribution is 0.00330. The molecule has 0 saturated carbocycles. The number of rotatable bonds is 10. The van der Waals surface area contributed by atoms with Crippen molar-refractivity contribution in [1.29, 1.82) is 5.41 Å². The quantitative estimate of drug-likeness (QED) is 0.474. The van der Waals surface area contributed by atoms with Crippen LogP contribution in [0.25, 0.3) is 0 Å². The molecule has 0 bridgehead atoms. The van der Waals surface area contributed by atoms with Gasteiger partial charge in [-0.25, -0.2) is 18.7 Å². The summed E-state index contributed by atoms with van der Waals surface area (Å²) in [5.41, 5.74) is 0.0916. The van der Waals surface area contributed by atoms with Crippen LogP contribution in [0.4, 0.5) is 14.7 Å². The molecule has 1 saturated heterocycles. The van der Waals surface area contributed by atoms with Gasteiger partial charge in [0.25, 0.3) is 0 Å². The fraction of sp³-hybridized carbons (Fsp3) is 0.381. The average Bonchev–Trinajstić information content (AvgIpc) is 2.83. The fourth-order valence-electron chi connectivity index (χ4n) is 2.97. The van der Waals surface area contributed by atoms with Crippen LogP contribution in [0.1, 0.15) is 24.8 Å². The van der Waals surface area contributed by atoms with E-state index in [4.69, 9.17) is 24.4 Å². The van der Waals surface area contributed by atoms with Crippen molar-refractivity contribution in [2.75, 3.05) is 26.1 Å². The molecule has 1 aliphatic rings. The third-order valence-corrected chi connectivity index (χ3v) is 4.69. The van der Waals surface area contributed by atoms with Crippen molar-refractivity contribution >= 4 is 12.2 Å². The fourth-order valence-corrected chi connectivity index (χ4v) is 2.97. The van der Waals surface area contributed by atoms with E-state index in [1.54, 1.807) is 6.20 Å². The zero-order valence-electron chi connectivity index (χ0n) is 17.8. The van der Waals surface area contributed by atoms with Crippen molar-refractivity contribution in [3.63, 3.8) is 0 Å². The van der Waals surface area contributed by atoms with Gasteiger partial charge >= 0.3 is 0 Å². The van der Waals surface area contributed by atoms with Crippen LogP contribution in [0, 0.1) is 17.0 Å². The first-order valence-electron chi connectivity index (χ1n) is 9.94. The summed E-state index contributed by atoms with van der Waals surface area (Å²) in [5, 5.41) is 13.5. The van der Waals surface area contributed by atoms with Gasteiger partial charge in [0.05, 0.1) is 37.9 Å². The Morgan fingerprint density at radius 1 is 1.19 bits per heavy atom. The zero-order valence-corrected chi connectivity index (χ0v) is 17.8. The maximum absolute atomic E-state index is 14.4. The SMILES string of the molecule is COc1cc(OC)c(F)c(COc2cnc(N/C(C=N)=C/NC3CCCCO3)nc2)c1F. The Morgan fingerprint density at radius 2 is 1.88 bits per heavy atom. The van der Waals surface area contributed by atoms with E-state index in [1.807, 2.05) is 0 Å². The van der Waals surface area contributed by atoms with Crippen LogP contribution in [0.3, 0.4) is 0 Å². The lowest BCUT2D eigenvalue weighted by Gasteiger charge is -2.22. The second kappa shape index (κ2) is 11.2. The molecule has 1 aromatic heterocycles. The number of hydrogen-bond acceptors (Lipinski definition) is 9. The summed E-state index contributed by atoms with van der Waals surface area (Å²) in [5.74, 6) is -1.64. The Kier molecular flexibility index (Phi) is 8.14. The number of ether oxygens (including phenoxy) is 4. The first-order valence-corrected chi connectivity index (χ1v) is 9.94. The van der Waals surface area contributed by atoms with Gasteiger partial charge in [-0.05, 0) is 19.3 Å². The highest BCUT2D eigenvalue weighted by Gasteiger charge is 2.20. The molecule has 172 valence electrons. The second-order valence-electron chi connectivity index (χ2n) is 6.81. The molecule has 1 unspecified atom stereocenters. The minimum absolute atomic E-state index is 0.0896. The van der Waals surface area contributed by atoms with Crippen molar-refractivity contribution in [3.8, 4) is 17.2 Å². The maximum atomic E-state index is 14.4. The smallest absolute Gasteiger partial charge is 0.227 e. The standard InChI is InChI=1S/C21H25F2N5O4/c1-29-16-7-17(30-2)20(23)15(19(16)22)12-32-14-10-26-21(27-11-14)28-13(8-24)9-25-18-5-3-4-6-31-18/h7-11,18,24-25H,3-6,12H2,1-2H3,(H,26,27,28)/b13-9+,24-8?. The Hall–Kier alpha value is -3.47. The van der Waals surface area contributed by atoms with E-state index >= 15 is 0 Å². The number of hydrogen-bond donors (Lipinski definition) is 3. The van der Waals surface area contributed by atoms with Crippen LogP contribution in [0.2, 0.25) is 0 Å². The van der Waals surface area contributed by atoms with Gasteiger partial charge in [0, 0.05) is 25.1 Å². The van der Waals surface area contributed by atoms with Crippen LogP contribution in [-0.4, -0.2) is 43.2 Å². The van der Waals surface area contributed by atoms with E-state index in [1.165, 1.54) is 26.6 Å². The summed E-state index contributed by atoms with van der Waals surface area (Å²) in [4.78, 5) is 8.20. The third-order valence-electron chi connectivity index (χ3n) is 4.69. The van der Waals surface area contributed by atoms with Gasteiger partial charge in [0.2, 0.25) is 5.95 Å². The molecule has 2 aromatic rings. The van der Waals surface area contributed by atoms with Crippen molar-refractivity contribution in [3.05, 3.63) is 47.6 Å². The van der Waals surface area contributed by atoms with Crippen LogP contribution in [0.5, 0.6) is 17.2 Å². The largest absolute Gasteiger partial charge is 0.494 e. The van der Waals surface area contributed by atoms with Crippen molar-refractivity contribution < 1.29 is 27.7 Å². The summed E-state index contributed by atoms with van der Waals surface area (Å²) >= 11 is 0. The molecule has 0 aliphatic carbocycles. The first-order chi connectivity index (χ1) is 15.5. The predicted octanol–water partition coefficient (Wildman–Crippen LogP) is 3.37. The van der Waals surface area contributed by atoms with Gasteiger partial charge in [0.15, 0.2) is 28.9 Å². The molecule has 0 radical (unpaired) electrons. The summed E-state index contributed by atoms with van der Waals surface area (Å²) in [7, 11) is 2.54. The van der Waals surface area contributed by atoms with Crippen molar-refractivity contribution in [1.82, 2.24) is 15.3 Å². The third kappa shape index (κ3) is 5.82. The number of allylic oxidation sites excluding steroid dienone is 1. The van der Waals surface area contributed by atoms with Crippen molar-refractivity contribution in [2.24, 2.45) is 0 Å². The monoisotopic (exact) mass is 449 g/mol. The molecule has 0 spiro atoms. The van der Waals surface area contributed by atoms with Gasteiger partial charge < -0.3 is 35.0 Å². The topological polar surface area (TPSA) is 111 Å². The Bertz CT molecular complexity index is 922. The number of benzene rings is 1. The van der Waals surface area contributed by atoms with E-state index in [0.29, 0.717) is 12.3 Å². The molecule has 2 heterocycles. The van der Waals surface area contributed by atoms with E-state index in [9.17, 15) is 8.78 Å². The van der Waals surface area contributed by atoms with E-state index < -0.39 is 18.2 Å². The van der Waals surface area contributed by atoms with Gasteiger partial charge in [-0.2, -0.15) is 0 Å². The second-order valence-corrected chi connectivity index (χ2v) is 6.81. The number of aromatic nitrogens is 2. The molecule has 1 aromatic carbocycles. The van der Waals surface area contributed by atoms with E-state index in [0.717, 1.165) is 31.5 Å². The summed E-state index contributed by atoms with van der Waals surface area (Å²) < 4.78 is 49.7. The number of halogens is 2. The van der Waals surface area contributed by atoms with Gasteiger partial charge in [-0.15, -0.1) is 0 Å². The molecule has 1 atom stereocenters. The molecule has 3 rings (SSSR count). The Labute approximate surface area is 184 Å². The van der Waals surface area contributed by atoms with Crippen LogP contribution >= 0.6 is 0 Å². The highest BCUT2D eigenvalue weighted by atomic mass is 19.1. The molecule has 1 aliphatic heterocycles. The highest BCUT2D eigenvalue weighted by Crippen LogP contribution is 2.31. The predicted molar refractivity (Wildman–Crippen MR) is 113 cm³/mol. The molecular weight excluding hydrogens is 424 g/mol. The van der Waals surface area contributed by atoms with Crippen LogP contribution in [0.15, 0.2) is 30.4 Å². The Morgan fingerprint density at radius 3 is 2.44 bits per heavy atom. The van der Waals surface area contributed by atoms with Crippen LogP contribution in [-0.2, 0) is 11.3 Å². The lowest BCUT2D eigenvalue weighted by atomic mass is 10.1. The molecule has 0 amide bonds. The van der Waals surface area contributed by atoms with Gasteiger partial charge in [-0.1, -0.05) is 0 Å². The molecule has 1 fully saturated rings. The highest BCUT2D eigenvalue weighted by molar-refractivity contribution is 5.79. The Balaban J connectivity index is 1.62. The molecule has 3 N–H and O–H groups in total. The number of nitrogens with zero attached hydrogens (tertiary/aromatic N) is 2. The molecule has 11 heteroatoms. The normalized spacial score (nSPS) is 16.2. The summed E-state index contributed by atoms with van der Waals surface area (Å²) in [6.45, 7) is 0.290. The minimum Gasteiger partial charge on any atom is -0.494 e. The lowest BCUT2D eigenvalue weighted by Crippen LogP contribution is -2.31. The van der Waals surface area contributed by atoms with Gasteiger partial charge in [-0.3, -0.25) is 0 Å². The minimum atomic E-state index is -0.875. The summed E-state index contributed by atoms with van der Waals surface area (Å²) in [6.07, 6.45) is 8.37. The number of anilines is 1. The van der Waals surface area contributed by atoms with Crippen molar-refractivity contribution in [2.45, 2.75) is 32.1 Å². The van der Waals surface area contributed by atoms with Crippen LogP contribution < -0.4 is 24.8 Å². The van der Waals surface area contributed by atoms with Gasteiger partial charge in [0.1, 0.15) is 12.8 Å². The molecular formula is C21H25F2N5O4. The zero-order chi connectivity index (χ0) is 22.9. The van der Waals surface area contributed by atoms with E-state index in [2.05, 4.69) is 20.6 Å². The maximum Gasteiger partial charge on any atom is 0.227 e.